The lowest BCUT2D eigenvalue weighted by Crippen LogP contribution is -1.75. The van der Waals surface area contributed by atoms with Gasteiger partial charge in [0.1, 0.15) is 0 Å². The van der Waals surface area contributed by atoms with Gasteiger partial charge in [0.15, 0.2) is 0 Å². The number of H-pyrrole nitrogens is 1. The molecule has 0 aliphatic heterocycles. The minimum atomic E-state index is 0.756. The van der Waals surface area contributed by atoms with Crippen LogP contribution < -0.4 is 5.73 Å². The zero-order valence-electron chi connectivity index (χ0n) is 3.61. The monoisotopic (exact) mass is 160 g/mol. The molecule has 2 nitrogen and oxygen atoms in total. The van der Waals surface area contributed by atoms with Gasteiger partial charge in [-0.2, -0.15) is 0 Å². The number of rotatable bonds is 0. The van der Waals surface area contributed by atoms with Crippen LogP contribution in [-0.2, 0) is 0 Å². The summed E-state index contributed by atoms with van der Waals surface area (Å²) < 4.78 is 0.921. The lowest BCUT2D eigenvalue weighted by molar-refractivity contribution is 1.36. The van der Waals surface area contributed by atoms with Gasteiger partial charge in [0.05, 0.1) is 10.3 Å². The van der Waals surface area contributed by atoms with Crippen molar-refractivity contribution in [2.45, 2.75) is 0 Å². The van der Waals surface area contributed by atoms with Crippen LogP contribution in [0.25, 0.3) is 0 Å². The molecule has 1 rings (SSSR count). The summed E-state index contributed by atoms with van der Waals surface area (Å²) in [6.45, 7) is 0. The van der Waals surface area contributed by atoms with E-state index in [1.165, 1.54) is 0 Å². The third-order valence-corrected chi connectivity index (χ3v) is 1.13. The van der Waals surface area contributed by atoms with E-state index in [9.17, 15) is 0 Å². The van der Waals surface area contributed by atoms with E-state index in [0.29, 0.717) is 0 Å². The summed E-state index contributed by atoms with van der Waals surface area (Å²) >= 11 is 3.20. The Labute approximate surface area is 49.8 Å². The minimum Gasteiger partial charge on any atom is -0.397 e. The highest BCUT2D eigenvalue weighted by Gasteiger charge is 1.85. The number of aromatic amines is 1. The molecule has 0 fully saturated rings. The summed E-state index contributed by atoms with van der Waals surface area (Å²) in [6.07, 6.45) is 1.73. The highest BCUT2D eigenvalue weighted by Crippen LogP contribution is 2.09. The van der Waals surface area contributed by atoms with Gasteiger partial charge in [-0.1, -0.05) is 0 Å². The minimum absolute atomic E-state index is 0.756. The van der Waals surface area contributed by atoms with Gasteiger partial charge in [-0.3, -0.25) is 0 Å². The van der Waals surface area contributed by atoms with E-state index in [2.05, 4.69) is 20.9 Å². The van der Waals surface area contributed by atoms with Gasteiger partial charge in [0.2, 0.25) is 0 Å². The maximum Gasteiger partial charge on any atom is 0.0841 e. The first kappa shape index (κ1) is 4.71. The SMILES string of the molecule is Nc1c[nH]c(Br)c1. The Hall–Kier alpha value is -0.440. The van der Waals surface area contributed by atoms with Crippen LogP contribution >= 0.6 is 15.9 Å². The predicted octanol–water partition coefficient (Wildman–Crippen LogP) is 1.36. The van der Waals surface area contributed by atoms with E-state index in [1.54, 1.807) is 12.3 Å². The summed E-state index contributed by atoms with van der Waals surface area (Å²) in [5.41, 5.74) is 6.07. The lowest BCUT2D eigenvalue weighted by Gasteiger charge is -1.70. The van der Waals surface area contributed by atoms with Crippen LogP contribution in [0.5, 0.6) is 0 Å². The summed E-state index contributed by atoms with van der Waals surface area (Å²) in [6, 6.07) is 1.81. The molecular weight excluding hydrogens is 156 g/mol. The second-order valence-electron chi connectivity index (χ2n) is 1.28. The largest absolute Gasteiger partial charge is 0.397 e. The molecule has 0 aliphatic carbocycles. The van der Waals surface area contributed by atoms with Crippen LogP contribution in [0.2, 0.25) is 0 Å². The van der Waals surface area contributed by atoms with E-state index < -0.39 is 0 Å². The molecule has 0 spiro atoms. The van der Waals surface area contributed by atoms with Crippen molar-refractivity contribution in [2.24, 2.45) is 0 Å². The van der Waals surface area contributed by atoms with Crippen molar-refractivity contribution in [1.29, 1.82) is 0 Å². The number of halogens is 1. The first-order valence-corrected chi connectivity index (χ1v) is 2.68. The second kappa shape index (κ2) is 1.58. The molecule has 0 aromatic carbocycles. The Morgan fingerprint density at radius 2 is 2.43 bits per heavy atom. The molecule has 0 bridgehead atoms. The number of nitrogens with two attached hydrogens (primary N) is 1. The molecule has 1 aromatic rings. The molecule has 1 heterocycles. The standard InChI is InChI=1S/C4H5BrN2/c5-4-1-3(6)2-7-4/h1-2,7H,6H2. The van der Waals surface area contributed by atoms with Crippen molar-refractivity contribution < 1.29 is 0 Å². The zero-order chi connectivity index (χ0) is 5.28. The first-order valence-electron chi connectivity index (χ1n) is 1.88. The molecular formula is C4H5BrN2. The average molecular weight is 161 g/mol. The Kier molecular flexibility index (Phi) is 1.06. The fourth-order valence-corrected chi connectivity index (χ4v) is 0.761. The average Bonchev–Trinajstić information content (AvgIpc) is 1.87. The molecule has 0 saturated heterocycles. The third kappa shape index (κ3) is 0.962. The number of nitrogen functional groups attached to an aromatic ring is 1. The van der Waals surface area contributed by atoms with E-state index >= 15 is 0 Å². The van der Waals surface area contributed by atoms with Gasteiger partial charge < -0.3 is 10.7 Å². The van der Waals surface area contributed by atoms with Gasteiger partial charge in [-0.05, 0) is 22.0 Å². The van der Waals surface area contributed by atoms with E-state index in [0.717, 1.165) is 10.3 Å². The summed E-state index contributed by atoms with van der Waals surface area (Å²) in [5, 5.41) is 0. The highest BCUT2D eigenvalue weighted by molar-refractivity contribution is 9.10. The molecule has 3 N–H and O–H groups in total. The topological polar surface area (TPSA) is 41.8 Å². The third-order valence-electron chi connectivity index (χ3n) is 0.670. The number of hydrogen-bond acceptors (Lipinski definition) is 1. The number of aromatic nitrogens is 1. The van der Waals surface area contributed by atoms with Crippen molar-refractivity contribution in [3.63, 3.8) is 0 Å². The number of hydrogen-bond donors (Lipinski definition) is 2. The van der Waals surface area contributed by atoms with Gasteiger partial charge in [-0.15, -0.1) is 0 Å². The molecule has 0 aliphatic rings. The van der Waals surface area contributed by atoms with Gasteiger partial charge in [0, 0.05) is 6.20 Å². The molecule has 0 radical (unpaired) electrons. The second-order valence-corrected chi connectivity index (χ2v) is 2.14. The van der Waals surface area contributed by atoms with Crippen molar-refractivity contribution in [1.82, 2.24) is 4.98 Å². The fraction of sp³-hybridized carbons (Fsp3) is 0. The van der Waals surface area contributed by atoms with Crippen molar-refractivity contribution in [2.75, 3.05) is 5.73 Å². The van der Waals surface area contributed by atoms with Crippen LogP contribution in [-0.4, -0.2) is 4.98 Å². The first-order chi connectivity index (χ1) is 3.29. The van der Waals surface area contributed by atoms with Gasteiger partial charge in [0.25, 0.3) is 0 Å². The van der Waals surface area contributed by atoms with Crippen LogP contribution in [0, 0.1) is 0 Å². The Balaban J connectivity index is 3.04. The zero-order valence-corrected chi connectivity index (χ0v) is 5.20. The predicted molar refractivity (Wildman–Crippen MR) is 32.9 cm³/mol. The van der Waals surface area contributed by atoms with Crippen LogP contribution in [0.3, 0.4) is 0 Å². The van der Waals surface area contributed by atoms with E-state index in [1.807, 2.05) is 0 Å². The summed E-state index contributed by atoms with van der Waals surface area (Å²) in [5.74, 6) is 0. The molecule has 1 aromatic heterocycles. The van der Waals surface area contributed by atoms with E-state index in [4.69, 9.17) is 5.73 Å². The summed E-state index contributed by atoms with van der Waals surface area (Å²) in [4.78, 5) is 2.86. The molecule has 0 unspecified atom stereocenters. The van der Waals surface area contributed by atoms with Crippen molar-refractivity contribution >= 4 is 21.6 Å². The number of anilines is 1. The van der Waals surface area contributed by atoms with Crippen LogP contribution in [0.1, 0.15) is 0 Å². The maximum atomic E-state index is 5.32. The fourth-order valence-electron chi connectivity index (χ4n) is 0.382. The summed E-state index contributed by atoms with van der Waals surface area (Å²) in [7, 11) is 0. The molecule has 7 heavy (non-hydrogen) atoms. The maximum absolute atomic E-state index is 5.32. The molecule has 3 heteroatoms. The van der Waals surface area contributed by atoms with Crippen molar-refractivity contribution in [3.05, 3.63) is 16.9 Å². The lowest BCUT2D eigenvalue weighted by atomic mass is 10.6. The molecule has 0 saturated carbocycles. The van der Waals surface area contributed by atoms with Gasteiger partial charge in [-0.25, -0.2) is 0 Å². The molecule has 0 atom stereocenters. The van der Waals surface area contributed by atoms with Crippen molar-refractivity contribution in [3.8, 4) is 0 Å². The molecule has 38 valence electrons. The smallest absolute Gasteiger partial charge is 0.0841 e. The molecule has 0 amide bonds. The van der Waals surface area contributed by atoms with Crippen LogP contribution in [0.4, 0.5) is 5.69 Å². The highest BCUT2D eigenvalue weighted by atomic mass is 79.9. The Morgan fingerprint density at radius 3 is 2.57 bits per heavy atom. The van der Waals surface area contributed by atoms with E-state index in [-0.39, 0.29) is 0 Å². The van der Waals surface area contributed by atoms with Gasteiger partial charge >= 0.3 is 0 Å². The Morgan fingerprint density at radius 1 is 1.71 bits per heavy atom. The van der Waals surface area contributed by atoms with Crippen LogP contribution in [0.15, 0.2) is 16.9 Å². The number of nitrogens with one attached hydrogen (secondary N) is 1. The quantitative estimate of drug-likeness (QED) is 0.592. The normalized spacial score (nSPS) is 9.29. The Bertz CT molecular complexity index is 142.